The minimum absolute atomic E-state index is 0.157. The summed E-state index contributed by atoms with van der Waals surface area (Å²) < 4.78 is 0.788. The van der Waals surface area contributed by atoms with Gasteiger partial charge >= 0.3 is 0 Å². The van der Waals surface area contributed by atoms with E-state index in [-0.39, 0.29) is 12.1 Å². The third kappa shape index (κ3) is 1.62. The van der Waals surface area contributed by atoms with E-state index in [0.717, 1.165) is 28.6 Å². The molecule has 72 valence electrons. The Kier molecular flexibility index (Phi) is 2.60. The Morgan fingerprint density at radius 3 is 2.92 bits per heavy atom. The third-order valence-corrected chi connectivity index (χ3v) is 3.99. The van der Waals surface area contributed by atoms with Gasteiger partial charge in [-0.05, 0) is 31.5 Å². The Hall–Kier alpha value is -0.0900. The highest BCUT2D eigenvalue weighted by molar-refractivity contribution is 7.16. The summed E-state index contributed by atoms with van der Waals surface area (Å²) in [6, 6.07) is 3.89. The second-order valence-corrected chi connectivity index (χ2v) is 5.09. The zero-order valence-electron chi connectivity index (χ0n) is 7.22. The number of rotatable bonds is 2. The molecule has 1 aliphatic rings. The molecule has 1 fully saturated rings. The fourth-order valence-corrected chi connectivity index (χ4v) is 3.03. The first-order valence-corrected chi connectivity index (χ1v) is 5.58. The summed E-state index contributed by atoms with van der Waals surface area (Å²) >= 11 is 7.42. The minimum Gasteiger partial charge on any atom is -0.394 e. The average molecular weight is 218 g/mol. The smallest absolute Gasteiger partial charge is 0.0931 e. The Bertz CT molecular complexity index is 294. The third-order valence-electron chi connectivity index (χ3n) is 2.56. The van der Waals surface area contributed by atoms with Crippen LogP contribution in [0.25, 0.3) is 0 Å². The molecule has 1 saturated heterocycles. The predicted octanol–water partition coefficient (Wildman–Crippen LogP) is 1.97. The van der Waals surface area contributed by atoms with Crippen LogP contribution < -0.4 is 5.32 Å². The average Bonchev–Trinajstić information content (AvgIpc) is 2.73. The maximum atomic E-state index is 9.38. The maximum Gasteiger partial charge on any atom is 0.0931 e. The lowest BCUT2D eigenvalue weighted by Crippen LogP contribution is -2.39. The molecule has 0 radical (unpaired) electrons. The van der Waals surface area contributed by atoms with Gasteiger partial charge in [0.1, 0.15) is 0 Å². The molecule has 2 nitrogen and oxygen atoms in total. The molecule has 13 heavy (non-hydrogen) atoms. The van der Waals surface area contributed by atoms with Crippen molar-refractivity contribution >= 4 is 22.9 Å². The van der Waals surface area contributed by atoms with E-state index in [1.807, 2.05) is 12.1 Å². The number of hydrogen-bond acceptors (Lipinski definition) is 3. The normalized spacial score (nSPS) is 28.2. The summed E-state index contributed by atoms with van der Waals surface area (Å²) in [5, 5.41) is 12.7. The molecular formula is C9H12ClNOS. The van der Waals surface area contributed by atoms with Gasteiger partial charge in [0, 0.05) is 4.88 Å². The molecule has 0 saturated carbocycles. The van der Waals surface area contributed by atoms with E-state index in [4.69, 9.17) is 11.6 Å². The van der Waals surface area contributed by atoms with Crippen LogP contribution in [-0.2, 0) is 5.54 Å². The number of nitrogens with one attached hydrogen (secondary N) is 1. The summed E-state index contributed by atoms with van der Waals surface area (Å²) in [7, 11) is 0. The molecule has 2 heterocycles. The molecule has 0 bridgehead atoms. The van der Waals surface area contributed by atoms with Gasteiger partial charge in [-0.2, -0.15) is 0 Å². The van der Waals surface area contributed by atoms with Crippen molar-refractivity contribution in [2.24, 2.45) is 0 Å². The molecule has 0 amide bonds. The van der Waals surface area contributed by atoms with Gasteiger partial charge in [0.2, 0.25) is 0 Å². The predicted molar refractivity (Wildman–Crippen MR) is 55.3 cm³/mol. The molecule has 0 spiro atoms. The van der Waals surface area contributed by atoms with E-state index in [1.54, 1.807) is 11.3 Å². The van der Waals surface area contributed by atoms with E-state index in [9.17, 15) is 5.11 Å². The molecule has 1 atom stereocenters. The maximum absolute atomic E-state index is 9.38. The monoisotopic (exact) mass is 217 g/mol. The van der Waals surface area contributed by atoms with E-state index in [1.165, 1.54) is 0 Å². The van der Waals surface area contributed by atoms with Gasteiger partial charge in [0.15, 0.2) is 0 Å². The number of thiophene rings is 1. The van der Waals surface area contributed by atoms with Crippen LogP contribution in [0.3, 0.4) is 0 Å². The molecule has 0 aromatic carbocycles. The highest BCUT2D eigenvalue weighted by Gasteiger charge is 2.35. The van der Waals surface area contributed by atoms with Gasteiger partial charge in [0.05, 0.1) is 16.5 Å². The summed E-state index contributed by atoms with van der Waals surface area (Å²) in [5.41, 5.74) is -0.211. The standard InChI is InChI=1S/C9H12ClNOS/c10-8-3-2-7(13-8)9(6-12)4-1-5-11-9/h2-3,11-12H,1,4-6H2. The van der Waals surface area contributed by atoms with Crippen LogP contribution in [0.4, 0.5) is 0 Å². The molecule has 4 heteroatoms. The number of aliphatic hydroxyl groups excluding tert-OH is 1. The minimum atomic E-state index is -0.211. The lowest BCUT2D eigenvalue weighted by molar-refractivity contribution is 0.181. The van der Waals surface area contributed by atoms with E-state index in [2.05, 4.69) is 5.32 Å². The first-order valence-electron chi connectivity index (χ1n) is 4.38. The number of aliphatic hydroxyl groups is 1. The Morgan fingerprint density at radius 1 is 1.62 bits per heavy atom. The molecule has 1 aromatic heterocycles. The molecule has 1 unspecified atom stereocenters. The zero-order chi connectivity index (χ0) is 9.31. The van der Waals surface area contributed by atoms with Crippen molar-refractivity contribution in [1.82, 2.24) is 5.32 Å². The highest BCUT2D eigenvalue weighted by Crippen LogP contribution is 2.36. The SMILES string of the molecule is OCC1(c2ccc(Cl)s2)CCCN1. The molecule has 2 rings (SSSR count). The highest BCUT2D eigenvalue weighted by atomic mass is 35.5. The van der Waals surface area contributed by atoms with Crippen molar-refractivity contribution in [3.63, 3.8) is 0 Å². The Balaban J connectivity index is 2.30. The molecule has 1 aromatic rings. The van der Waals surface area contributed by atoms with Gasteiger partial charge < -0.3 is 10.4 Å². The first kappa shape index (κ1) is 9.46. The van der Waals surface area contributed by atoms with Crippen LogP contribution in [-0.4, -0.2) is 18.3 Å². The van der Waals surface area contributed by atoms with Crippen LogP contribution in [0, 0.1) is 0 Å². The Morgan fingerprint density at radius 2 is 2.46 bits per heavy atom. The second kappa shape index (κ2) is 3.58. The van der Waals surface area contributed by atoms with Crippen LogP contribution >= 0.6 is 22.9 Å². The fourth-order valence-electron chi connectivity index (χ4n) is 1.80. The largest absolute Gasteiger partial charge is 0.394 e. The Labute approximate surface area is 86.5 Å². The first-order chi connectivity index (χ1) is 6.27. The van der Waals surface area contributed by atoms with Crippen molar-refractivity contribution in [1.29, 1.82) is 0 Å². The van der Waals surface area contributed by atoms with Crippen molar-refractivity contribution < 1.29 is 5.11 Å². The molecule has 2 N–H and O–H groups in total. The van der Waals surface area contributed by atoms with Gasteiger partial charge in [-0.1, -0.05) is 11.6 Å². The van der Waals surface area contributed by atoms with Crippen molar-refractivity contribution in [3.8, 4) is 0 Å². The van der Waals surface area contributed by atoms with Crippen LogP contribution in [0.2, 0.25) is 4.34 Å². The lowest BCUT2D eigenvalue weighted by Gasteiger charge is -2.25. The topological polar surface area (TPSA) is 32.3 Å². The number of hydrogen-bond donors (Lipinski definition) is 2. The summed E-state index contributed by atoms with van der Waals surface area (Å²) in [5.74, 6) is 0. The van der Waals surface area contributed by atoms with Gasteiger partial charge in [0.25, 0.3) is 0 Å². The van der Waals surface area contributed by atoms with Crippen molar-refractivity contribution in [2.75, 3.05) is 13.2 Å². The van der Waals surface area contributed by atoms with Gasteiger partial charge in [-0.15, -0.1) is 11.3 Å². The van der Waals surface area contributed by atoms with E-state index < -0.39 is 0 Å². The summed E-state index contributed by atoms with van der Waals surface area (Å²) in [6.07, 6.45) is 2.12. The van der Waals surface area contributed by atoms with Crippen molar-refractivity contribution in [3.05, 3.63) is 21.3 Å². The lowest BCUT2D eigenvalue weighted by atomic mass is 9.97. The van der Waals surface area contributed by atoms with Crippen LogP contribution in [0.15, 0.2) is 12.1 Å². The summed E-state index contributed by atoms with van der Waals surface area (Å²) in [4.78, 5) is 1.15. The van der Waals surface area contributed by atoms with E-state index >= 15 is 0 Å². The quantitative estimate of drug-likeness (QED) is 0.794. The van der Waals surface area contributed by atoms with Gasteiger partial charge in [-0.3, -0.25) is 0 Å². The summed E-state index contributed by atoms with van der Waals surface area (Å²) in [6.45, 7) is 1.14. The number of halogens is 1. The van der Waals surface area contributed by atoms with E-state index in [0.29, 0.717) is 0 Å². The van der Waals surface area contributed by atoms with Crippen LogP contribution in [0.1, 0.15) is 17.7 Å². The zero-order valence-corrected chi connectivity index (χ0v) is 8.79. The molecule has 1 aliphatic heterocycles. The second-order valence-electron chi connectivity index (χ2n) is 3.37. The molecule has 0 aliphatic carbocycles. The van der Waals surface area contributed by atoms with Gasteiger partial charge in [-0.25, -0.2) is 0 Å². The molecular weight excluding hydrogens is 206 g/mol. The van der Waals surface area contributed by atoms with Crippen LogP contribution in [0.5, 0.6) is 0 Å². The van der Waals surface area contributed by atoms with Crippen molar-refractivity contribution in [2.45, 2.75) is 18.4 Å². The fraction of sp³-hybridized carbons (Fsp3) is 0.556.